The lowest BCUT2D eigenvalue weighted by Crippen LogP contribution is -2.27. The topological polar surface area (TPSA) is 77.5 Å². The van der Waals surface area contributed by atoms with Gasteiger partial charge in [0.1, 0.15) is 5.60 Å². The number of esters is 2. The SMILES string of the molecule is CC(C)(C)OC(=O)COC(=O)c1csc(NCc2ccccc2)n1. The van der Waals surface area contributed by atoms with Crippen molar-refractivity contribution >= 4 is 28.4 Å². The molecule has 0 aliphatic rings. The fourth-order valence-electron chi connectivity index (χ4n) is 1.79. The highest BCUT2D eigenvalue weighted by Crippen LogP contribution is 2.17. The molecule has 2 rings (SSSR count). The highest BCUT2D eigenvalue weighted by atomic mass is 32.1. The molecule has 0 radical (unpaired) electrons. The van der Waals surface area contributed by atoms with Gasteiger partial charge < -0.3 is 14.8 Å². The Labute approximate surface area is 144 Å². The molecule has 0 saturated carbocycles. The van der Waals surface area contributed by atoms with Crippen LogP contribution in [-0.4, -0.2) is 29.1 Å². The van der Waals surface area contributed by atoms with E-state index >= 15 is 0 Å². The van der Waals surface area contributed by atoms with Gasteiger partial charge in [0.15, 0.2) is 17.4 Å². The van der Waals surface area contributed by atoms with Gasteiger partial charge in [0.25, 0.3) is 0 Å². The Morgan fingerprint density at radius 1 is 1.21 bits per heavy atom. The predicted octanol–water partition coefficient (Wildman–Crippen LogP) is 3.25. The van der Waals surface area contributed by atoms with Crippen molar-refractivity contribution in [2.24, 2.45) is 0 Å². The lowest BCUT2D eigenvalue weighted by molar-refractivity contribution is -0.158. The first-order chi connectivity index (χ1) is 11.3. The number of hydrogen-bond acceptors (Lipinski definition) is 7. The number of nitrogens with one attached hydrogen (secondary N) is 1. The lowest BCUT2D eigenvalue weighted by Gasteiger charge is -2.19. The number of nitrogens with zero attached hydrogens (tertiary/aromatic N) is 1. The Bertz CT molecular complexity index is 692. The van der Waals surface area contributed by atoms with Crippen LogP contribution in [0.25, 0.3) is 0 Å². The molecule has 0 fully saturated rings. The number of aromatic nitrogens is 1. The van der Waals surface area contributed by atoms with Crippen molar-refractivity contribution in [1.82, 2.24) is 4.98 Å². The van der Waals surface area contributed by atoms with Crippen LogP contribution in [-0.2, 0) is 20.8 Å². The molecule has 24 heavy (non-hydrogen) atoms. The quantitative estimate of drug-likeness (QED) is 0.808. The summed E-state index contributed by atoms with van der Waals surface area (Å²) in [5.74, 6) is -1.24. The second-order valence-electron chi connectivity index (χ2n) is 6.04. The number of carbonyl (C=O) groups excluding carboxylic acids is 2. The Morgan fingerprint density at radius 2 is 1.92 bits per heavy atom. The van der Waals surface area contributed by atoms with Crippen LogP contribution in [0.3, 0.4) is 0 Å². The predicted molar refractivity (Wildman–Crippen MR) is 92.0 cm³/mol. The van der Waals surface area contributed by atoms with E-state index in [1.165, 1.54) is 11.3 Å². The van der Waals surface area contributed by atoms with Gasteiger partial charge in [-0.05, 0) is 26.3 Å². The molecular weight excluding hydrogens is 328 g/mol. The largest absolute Gasteiger partial charge is 0.457 e. The maximum atomic E-state index is 11.9. The summed E-state index contributed by atoms with van der Waals surface area (Å²) < 4.78 is 9.99. The van der Waals surface area contributed by atoms with Gasteiger partial charge in [0, 0.05) is 11.9 Å². The first-order valence-electron chi connectivity index (χ1n) is 7.46. The van der Waals surface area contributed by atoms with E-state index in [2.05, 4.69) is 10.3 Å². The lowest BCUT2D eigenvalue weighted by atomic mass is 10.2. The van der Waals surface area contributed by atoms with Crippen molar-refractivity contribution in [3.8, 4) is 0 Å². The minimum atomic E-state index is -0.648. The third kappa shape index (κ3) is 6.00. The monoisotopic (exact) mass is 348 g/mol. The summed E-state index contributed by atoms with van der Waals surface area (Å²) >= 11 is 1.30. The summed E-state index contributed by atoms with van der Waals surface area (Å²) in [6.07, 6.45) is 0. The van der Waals surface area contributed by atoms with Crippen molar-refractivity contribution in [2.45, 2.75) is 32.9 Å². The fourth-order valence-corrected chi connectivity index (χ4v) is 2.47. The number of rotatable bonds is 6. The molecule has 0 aliphatic carbocycles. The molecule has 0 unspecified atom stereocenters. The first kappa shape index (κ1) is 17.9. The molecule has 1 N–H and O–H groups in total. The van der Waals surface area contributed by atoms with Crippen LogP contribution in [0, 0.1) is 0 Å². The third-order valence-corrected chi connectivity index (χ3v) is 3.54. The summed E-state index contributed by atoms with van der Waals surface area (Å²) in [4.78, 5) is 27.6. The molecule has 0 spiro atoms. The molecule has 0 aliphatic heterocycles. The second kappa shape index (κ2) is 7.92. The van der Waals surface area contributed by atoms with Gasteiger partial charge in [-0.15, -0.1) is 11.3 Å². The number of carbonyl (C=O) groups is 2. The standard InChI is InChI=1S/C17H20N2O4S/c1-17(2,3)23-14(20)10-22-15(21)13-11-24-16(19-13)18-9-12-7-5-4-6-8-12/h4-8,11H,9-10H2,1-3H3,(H,18,19). The molecule has 1 heterocycles. The van der Waals surface area contributed by atoms with Gasteiger partial charge >= 0.3 is 11.9 Å². The summed E-state index contributed by atoms with van der Waals surface area (Å²) in [5.41, 5.74) is 0.666. The van der Waals surface area contributed by atoms with E-state index < -0.39 is 24.1 Å². The van der Waals surface area contributed by atoms with Crippen LogP contribution >= 0.6 is 11.3 Å². The summed E-state index contributed by atoms with van der Waals surface area (Å²) in [6, 6.07) is 9.86. The normalized spacial score (nSPS) is 11.0. The molecule has 0 saturated heterocycles. The maximum absolute atomic E-state index is 11.9. The Hall–Kier alpha value is -2.41. The van der Waals surface area contributed by atoms with Gasteiger partial charge in [-0.2, -0.15) is 0 Å². The van der Waals surface area contributed by atoms with Crippen LogP contribution < -0.4 is 5.32 Å². The van der Waals surface area contributed by atoms with Gasteiger partial charge in [0.05, 0.1) is 0 Å². The molecule has 128 valence electrons. The van der Waals surface area contributed by atoms with Crippen molar-refractivity contribution < 1.29 is 19.1 Å². The van der Waals surface area contributed by atoms with Crippen molar-refractivity contribution in [2.75, 3.05) is 11.9 Å². The van der Waals surface area contributed by atoms with E-state index in [9.17, 15) is 9.59 Å². The number of benzene rings is 1. The molecular formula is C17H20N2O4S. The fraction of sp³-hybridized carbons (Fsp3) is 0.353. The molecule has 2 aromatic rings. The van der Waals surface area contributed by atoms with Crippen LogP contribution in [0.1, 0.15) is 36.8 Å². The van der Waals surface area contributed by atoms with Crippen molar-refractivity contribution in [1.29, 1.82) is 0 Å². The summed E-state index contributed by atoms with van der Waals surface area (Å²) in [7, 11) is 0. The molecule has 1 aromatic carbocycles. The van der Waals surface area contributed by atoms with E-state index in [1.54, 1.807) is 26.2 Å². The van der Waals surface area contributed by atoms with E-state index in [4.69, 9.17) is 9.47 Å². The van der Waals surface area contributed by atoms with Crippen LogP contribution in [0.5, 0.6) is 0 Å². The Morgan fingerprint density at radius 3 is 2.58 bits per heavy atom. The number of ether oxygens (including phenoxy) is 2. The van der Waals surface area contributed by atoms with Gasteiger partial charge in [-0.25, -0.2) is 14.6 Å². The van der Waals surface area contributed by atoms with E-state index in [1.807, 2.05) is 30.3 Å². The van der Waals surface area contributed by atoms with E-state index in [0.29, 0.717) is 11.7 Å². The van der Waals surface area contributed by atoms with Crippen LogP contribution in [0.2, 0.25) is 0 Å². The van der Waals surface area contributed by atoms with Crippen molar-refractivity contribution in [3.63, 3.8) is 0 Å². The van der Waals surface area contributed by atoms with E-state index in [-0.39, 0.29) is 5.69 Å². The average molecular weight is 348 g/mol. The highest BCUT2D eigenvalue weighted by molar-refractivity contribution is 7.13. The number of thiazole rings is 1. The van der Waals surface area contributed by atoms with Gasteiger partial charge in [0.2, 0.25) is 0 Å². The van der Waals surface area contributed by atoms with Gasteiger partial charge in [-0.3, -0.25) is 0 Å². The molecule has 7 heteroatoms. The zero-order valence-corrected chi connectivity index (χ0v) is 14.7. The Balaban J connectivity index is 1.81. The van der Waals surface area contributed by atoms with Crippen molar-refractivity contribution in [3.05, 3.63) is 47.0 Å². The zero-order chi connectivity index (χ0) is 17.6. The molecule has 0 amide bonds. The number of anilines is 1. The van der Waals surface area contributed by atoms with Crippen LogP contribution in [0.4, 0.5) is 5.13 Å². The highest BCUT2D eigenvalue weighted by Gasteiger charge is 2.19. The first-order valence-corrected chi connectivity index (χ1v) is 8.34. The third-order valence-electron chi connectivity index (χ3n) is 2.74. The average Bonchev–Trinajstić information content (AvgIpc) is 2.99. The number of hydrogen-bond donors (Lipinski definition) is 1. The van der Waals surface area contributed by atoms with Crippen LogP contribution in [0.15, 0.2) is 35.7 Å². The molecule has 0 bridgehead atoms. The molecule has 1 aromatic heterocycles. The smallest absolute Gasteiger partial charge is 0.358 e. The molecule has 0 atom stereocenters. The molecule has 6 nitrogen and oxygen atoms in total. The zero-order valence-electron chi connectivity index (χ0n) is 13.9. The minimum Gasteiger partial charge on any atom is -0.457 e. The minimum absolute atomic E-state index is 0.166. The summed E-state index contributed by atoms with van der Waals surface area (Å²) in [5, 5.41) is 5.34. The summed E-state index contributed by atoms with van der Waals surface area (Å²) in [6.45, 7) is 5.43. The van der Waals surface area contributed by atoms with Gasteiger partial charge in [-0.1, -0.05) is 30.3 Å². The maximum Gasteiger partial charge on any atom is 0.358 e. The van der Waals surface area contributed by atoms with E-state index in [0.717, 1.165) is 5.56 Å². The Kier molecular flexibility index (Phi) is 5.92. The second-order valence-corrected chi connectivity index (χ2v) is 6.90.